The van der Waals surface area contributed by atoms with Crippen molar-refractivity contribution in [2.45, 2.75) is 62.6 Å². The third-order valence-corrected chi connectivity index (χ3v) is 9.67. The van der Waals surface area contributed by atoms with E-state index >= 15 is 0 Å². The third-order valence-electron chi connectivity index (χ3n) is 7.82. The van der Waals surface area contributed by atoms with Gasteiger partial charge >= 0.3 is 0 Å². The number of aromatic nitrogens is 4. The Morgan fingerprint density at radius 2 is 1.82 bits per heavy atom. The number of anilines is 2. The number of halogens is 3. The van der Waals surface area contributed by atoms with Crippen LogP contribution in [0.15, 0.2) is 64.5 Å². The summed E-state index contributed by atoms with van der Waals surface area (Å²) in [6.45, 7) is 3.94. The fraction of sp³-hybridized carbons (Fsp3) is 0.400. The summed E-state index contributed by atoms with van der Waals surface area (Å²) in [5.41, 5.74) is 1.21. The van der Waals surface area contributed by atoms with Gasteiger partial charge < -0.3 is 10.2 Å². The van der Waals surface area contributed by atoms with Crippen LogP contribution in [-0.2, 0) is 10.0 Å². The summed E-state index contributed by atoms with van der Waals surface area (Å²) >= 11 is 6.07. The number of hydrogen-bond donors (Lipinski definition) is 2. The molecule has 44 heavy (non-hydrogen) atoms. The maximum Gasteiger partial charge on any atom is 0.264 e. The van der Waals surface area contributed by atoms with E-state index in [0.717, 1.165) is 25.7 Å². The lowest BCUT2D eigenvalue weighted by molar-refractivity contribution is 0.174. The van der Waals surface area contributed by atoms with Crippen LogP contribution in [0.5, 0.6) is 0 Å². The van der Waals surface area contributed by atoms with Gasteiger partial charge in [0.15, 0.2) is 0 Å². The van der Waals surface area contributed by atoms with Crippen LogP contribution >= 0.6 is 24.0 Å². The van der Waals surface area contributed by atoms with Gasteiger partial charge in [-0.05, 0) is 76.9 Å². The maximum atomic E-state index is 13.7. The molecule has 14 heteroatoms. The highest BCUT2D eigenvalue weighted by atomic mass is 35.5. The van der Waals surface area contributed by atoms with Gasteiger partial charge in [0.2, 0.25) is 5.95 Å². The van der Waals surface area contributed by atoms with Gasteiger partial charge in [-0.25, -0.2) is 22.8 Å². The van der Waals surface area contributed by atoms with E-state index in [1.54, 1.807) is 35.0 Å². The van der Waals surface area contributed by atoms with Crippen LogP contribution in [-0.4, -0.2) is 65.2 Å². The van der Waals surface area contributed by atoms with Gasteiger partial charge in [-0.2, -0.15) is 4.98 Å². The molecular formula is C30H36Cl2FN7O3S. The van der Waals surface area contributed by atoms with E-state index in [-0.39, 0.29) is 52.5 Å². The number of rotatable bonds is 10. The quantitative estimate of drug-likeness (QED) is 0.214. The predicted octanol–water partition coefficient (Wildman–Crippen LogP) is 5.93. The zero-order valence-electron chi connectivity index (χ0n) is 24.7. The van der Waals surface area contributed by atoms with Gasteiger partial charge in [-0.3, -0.25) is 14.1 Å². The zero-order chi connectivity index (χ0) is 30.7. The summed E-state index contributed by atoms with van der Waals surface area (Å²) in [5.74, 6) is 0.558. The van der Waals surface area contributed by atoms with Gasteiger partial charge in [-0.1, -0.05) is 23.7 Å². The molecule has 0 atom stereocenters. The summed E-state index contributed by atoms with van der Waals surface area (Å²) in [5, 5.41) is 4.22. The molecule has 3 heterocycles. The molecule has 0 aliphatic heterocycles. The van der Waals surface area contributed by atoms with E-state index in [9.17, 15) is 17.6 Å². The number of benzene rings is 1. The van der Waals surface area contributed by atoms with Crippen molar-refractivity contribution in [3.05, 3.63) is 70.2 Å². The molecule has 0 bridgehead atoms. The van der Waals surface area contributed by atoms with E-state index in [0.29, 0.717) is 40.7 Å². The largest absolute Gasteiger partial charge is 0.351 e. The minimum absolute atomic E-state index is 0. The van der Waals surface area contributed by atoms with Crippen molar-refractivity contribution in [2.75, 3.05) is 30.3 Å². The Hall–Kier alpha value is -3.32. The summed E-state index contributed by atoms with van der Waals surface area (Å²) in [4.78, 5) is 29.3. The molecule has 0 saturated heterocycles. The lowest BCUT2D eigenvalue weighted by Crippen LogP contribution is -2.39. The van der Waals surface area contributed by atoms with Gasteiger partial charge in [0, 0.05) is 53.6 Å². The van der Waals surface area contributed by atoms with E-state index in [2.05, 4.69) is 24.9 Å². The lowest BCUT2D eigenvalue weighted by atomic mass is 9.90. The van der Waals surface area contributed by atoms with Crippen molar-refractivity contribution >= 4 is 56.8 Å². The Kier molecular flexibility index (Phi) is 10.8. The number of nitrogens with zero attached hydrogens (tertiary/aromatic N) is 5. The van der Waals surface area contributed by atoms with Gasteiger partial charge in [0.05, 0.1) is 5.02 Å². The average Bonchev–Trinajstić information content (AvgIpc) is 2.97. The van der Waals surface area contributed by atoms with Crippen LogP contribution in [0.2, 0.25) is 5.02 Å². The fourth-order valence-electron chi connectivity index (χ4n) is 5.50. The second-order valence-corrected chi connectivity index (χ2v) is 13.1. The number of alkyl halides is 1. The Bertz CT molecular complexity index is 1760. The first-order valence-corrected chi connectivity index (χ1v) is 16.1. The maximum absolute atomic E-state index is 13.7. The molecule has 1 fully saturated rings. The molecular weight excluding hydrogens is 628 g/mol. The normalized spacial score (nSPS) is 17.1. The molecule has 5 rings (SSSR count). The number of pyridine rings is 2. The summed E-state index contributed by atoms with van der Waals surface area (Å²) < 4.78 is 42.4. The average molecular weight is 665 g/mol. The molecule has 236 valence electrons. The molecule has 1 aliphatic carbocycles. The standard InChI is InChI=1S/C30H35ClFN7O3S.ClH/c1-19(2)39-28-21(18-34-30(36-28)35-22-9-11-23(12-10-22)38(3)15-14-32)16-24(29(39)40)20-8-13-27(33-17-20)37-43(41,42)26-7-5-4-6-25(26)31;/h4-8,13,16-19,22-23H,9-12,14-15H2,1-3H3,(H,33,37)(H,34,35,36);1H/t22-,23-;. The number of nitrogens with one attached hydrogen (secondary N) is 2. The molecule has 0 radical (unpaired) electrons. The van der Waals surface area contributed by atoms with Gasteiger partial charge in [0.25, 0.3) is 15.6 Å². The summed E-state index contributed by atoms with van der Waals surface area (Å²) in [6, 6.07) is 11.4. The second-order valence-electron chi connectivity index (χ2n) is 11.1. The van der Waals surface area contributed by atoms with Crippen molar-refractivity contribution < 1.29 is 12.8 Å². The molecule has 0 unspecified atom stereocenters. The monoisotopic (exact) mass is 663 g/mol. The van der Waals surface area contributed by atoms with Crippen LogP contribution in [0.3, 0.4) is 0 Å². The first kappa shape index (κ1) is 33.6. The highest BCUT2D eigenvalue weighted by molar-refractivity contribution is 7.92. The Morgan fingerprint density at radius 3 is 2.45 bits per heavy atom. The van der Waals surface area contributed by atoms with Crippen molar-refractivity contribution in [1.29, 1.82) is 0 Å². The van der Waals surface area contributed by atoms with Crippen molar-refractivity contribution in [1.82, 2.24) is 24.4 Å². The molecule has 1 saturated carbocycles. The van der Waals surface area contributed by atoms with E-state index < -0.39 is 10.0 Å². The topological polar surface area (TPSA) is 122 Å². The van der Waals surface area contributed by atoms with E-state index in [1.165, 1.54) is 24.4 Å². The highest BCUT2D eigenvalue weighted by Gasteiger charge is 2.25. The van der Waals surface area contributed by atoms with E-state index in [4.69, 9.17) is 16.6 Å². The fourth-order valence-corrected chi connectivity index (χ4v) is 7.03. The van der Waals surface area contributed by atoms with E-state index in [1.807, 2.05) is 20.9 Å². The second kappa shape index (κ2) is 14.2. The molecule has 2 N–H and O–H groups in total. The third kappa shape index (κ3) is 7.31. The molecule has 10 nitrogen and oxygen atoms in total. The number of hydrogen-bond acceptors (Lipinski definition) is 8. The summed E-state index contributed by atoms with van der Waals surface area (Å²) in [6.07, 6.45) is 6.95. The predicted molar refractivity (Wildman–Crippen MR) is 175 cm³/mol. The Balaban J connectivity index is 0.00000442. The first-order valence-electron chi connectivity index (χ1n) is 14.3. The minimum atomic E-state index is -3.95. The SMILES string of the molecule is CC(C)n1c(=O)c(-c2ccc(NS(=O)(=O)c3ccccc3Cl)nc2)cc2cnc(N[C@H]3CC[C@H](N(C)CCF)CC3)nc21.Cl. The van der Waals surface area contributed by atoms with Crippen LogP contribution < -0.4 is 15.6 Å². The van der Waals surface area contributed by atoms with Crippen LogP contribution in [0, 0.1) is 0 Å². The number of sulfonamides is 1. The van der Waals surface area contributed by atoms with Crippen molar-refractivity contribution in [2.24, 2.45) is 0 Å². The zero-order valence-corrected chi connectivity index (χ0v) is 27.1. The van der Waals surface area contributed by atoms with Crippen LogP contribution in [0.25, 0.3) is 22.2 Å². The molecule has 1 aliphatic rings. The lowest BCUT2D eigenvalue weighted by Gasteiger charge is -2.34. The highest BCUT2D eigenvalue weighted by Crippen LogP contribution is 2.27. The van der Waals surface area contributed by atoms with Crippen molar-refractivity contribution in [3.63, 3.8) is 0 Å². The Labute approximate surface area is 267 Å². The number of fused-ring (bicyclic) bond motifs is 1. The van der Waals surface area contributed by atoms with Crippen molar-refractivity contribution in [3.8, 4) is 11.1 Å². The molecule has 0 spiro atoms. The minimum Gasteiger partial charge on any atom is -0.351 e. The van der Waals surface area contributed by atoms with Gasteiger partial charge in [0.1, 0.15) is 23.0 Å². The van der Waals surface area contributed by atoms with Crippen LogP contribution in [0.1, 0.15) is 45.6 Å². The first-order chi connectivity index (χ1) is 20.6. The smallest absolute Gasteiger partial charge is 0.264 e. The molecule has 0 amide bonds. The van der Waals surface area contributed by atoms with Gasteiger partial charge in [-0.15, -0.1) is 12.4 Å². The molecule has 1 aromatic carbocycles. The molecule has 3 aromatic heterocycles. The Morgan fingerprint density at radius 1 is 1.09 bits per heavy atom. The summed E-state index contributed by atoms with van der Waals surface area (Å²) in [7, 11) is -1.98. The molecule has 4 aromatic rings. The van der Waals surface area contributed by atoms with Crippen LogP contribution in [0.4, 0.5) is 16.2 Å².